The summed E-state index contributed by atoms with van der Waals surface area (Å²) in [5.74, 6) is 0.0488. The number of hydrogen-bond donors (Lipinski definition) is 1. The second-order valence-electron chi connectivity index (χ2n) is 5.79. The number of halogens is 2. The van der Waals surface area contributed by atoms with Gasteiger partial charge >= 0.3 is 0 Å². The smallest absolute Gasteiger partial charge is 0.260 e. The number of thiophene rings is 1. The van der Waals surface area contributed by atoms with Crippen LogP contribution in [-0.4, -0.2) is 9.97 Å². The number of aryl methyl sites for hydroxylation is 2. The second-order valence-corrected chi connectivity index (χ2v) is 8.27. The highest BCUT2D eigenvalue weighted by atomic mass is 35.5. The summed E-state index contributed by atoms with van der Waals surface area (Å²) in [5.41, 5.74) is 1.63. The Morgan fingerprint density at radius 3 is 3.00 bits per heavy atom. The van der Waals surface area contributed by atoms with Crippen molar-refractivity contribution in [3.05, 3.63) is 55.4 Å². The molecule has 4 rings (SSSR count). The fraction of sp³-hybridized carbons (Fsp3) is 0.294. The summed E-state index contributed by atoms with van der Waals surface area (Å²) in [6.45, 7) is 0. The normalized spacial score (nSPS) is 14.1. The molecule has 0 unspecified atom stereocenters. The largest absolute Gasteiger partial charge is 0.301 e. The first-order valence-corrected chi connectivity index (χ1v) is 9.91. The van der Waals surface area contributed by atoms with Gasteiger partial charge in [-0.3, -0.25) is 4.79 Å². The zero-order chi connectivity index (χ0) is 16.7. The van der Waals surface area contributed by atoms with Crippen molar-refractivity contribution in [2.24, 2.45) is 0 Å². The third-order valence-corrected chi connectivity index (χ3v) is 6.53. The molecule has 124 valence electrons. The summed E-state index contributed by atoms with van der Waals surface area (Å²) < 4.78 is 13.9. The van der Waals surface area contributed by atoms with E-state index >= 15 is 0 Å². The van der Waals surface area contributed by atoms with Gasteiger partial charge in [-0.25, -0.2) is 9.37 Å². The van der Waals surface area contributed by atoms with Crippen LogP contribution in [0.1, 0.15) is 28.8 Å². The molecule has 0 saturated carbocycles. The Morgan fingerprint density at radius 1 is 1.33 bits per heavy atom. The van der Waals surface area contributed by atoms with Gasteiger partial charge in [-0.15, -0.1) is 11.3 Å². The van der Waals surface area contributed by atoms with Crippen molar-refractivity contribution >= 4 is 44.9 Å². The van der Waals surface area contributed by atoms with E-state index in [0.29, 0.717) is 21.5 Å². The molecule has 0 saturated heterocycles. The van der Waals surface area contributed by atoms with Gasteiger partial charge in [0.25, 0.3) is 5.56 Å². The van der Waals surface area contributed by atoms with E-state index in [4.69, 9.17) is 11.6 Å². The highest BCUT2D eigenvalue weighted by molar-refractivity contribution is 7.98. The average molecular weight is 381 g/mol. The topological polar surface area (TPSA) is 45.8 Å². The van der Waals surface area contributed by atoms with Gasteiger partial charge in [0, 0.05) is 15.7 Å². The molecular formula is C17H14ClFN2OS2. The molecule has 2 heterocycles. The molecule has 0 aliphatic heterocycles. The Labute approximate surface area is 151 Å². The number of benzene rings is 1. The number of nitrogens with one attached hydrogen (secondary N) is 1. The Morgan fingerprint density at radius 2 is 2.17 bits per heavy atom. The van der Waals surface area contributed by atoms with Crippen molar-refractivity contribution < 1.29 is 4.39 Å². The number of rotatable bonds is 3. The first-order valence-electron chi connectivity index (χ1n) is 7.73. The minimum absolute atomic E-state index is 0.0847. The Bertz CT molecular complexity index is 983. The molecule has 2 aromatic heterocycles. The molecule has 1 aliphatic carbocycles. The fourth-order valence-corrected chi connectivity index (χ4v) is 5.32. The van der Waals surface area contributed by atoms with E-state index in [1.165, 1.54) is 34.7 Å². The lowest BCUT2D eigenvalue weighted by Gasteiger charge is -2.09. The fourth-order valence-electron chi connectivity index (χ4n) is 3.00. The van der Waals surface area contributed by atoms with Gasteiger partial charge in [0.1, 0.15) is 10.6 Å². The summed E-state index contributed by atoms with van der Waals surface area (Å²) >= 11 is 8.71. The zero-order valence-corrected chi connectivity index (χ0v) is 15.1. The van der Waals surface area contributed by atoms with Crippen LogP contribution >= 0.6 is 34.7 Å². The molecule has 24 heavy (non-hydrogen) atoms. The molecule has 0 fully saturated rings. The minimum atomic E-state index is -0.343. The van der Waals surface area contributed by atoms with Gasteiger partial charge in [0.15, 0.2) is 5.16 Å². The molecule has 3 nitrogen and oxygen atoms in total. The first-order chi connectivity index (χ1) is 11.6. The van der Waals surface area contributed by atoms with E-state index in [1.54, 1.807) is 23.5 Å². The number of nitrogens with zero attached hydrogens (tertiary/aromatic N) is 1. The lowest BCUT2D eigenvalue weighted by molar-refractivity contribution is 0.617. The predicted octanol–water partition coefficient (Wildman–Crippen LogP) is 4.95. The van der Waals surface area contributed by atoms with Crippen molar-refractivity contribution in [1.29, 1.82) is 0 Å². The van der Waals surface area contributed by atoms with Gasteiger partial charge in [0.05, 0.1) is 5.39 Å². The maximum atomic E-state index is 13.9. The van der Waals surface area contributed by atoms with Gasteiger partial charge < -0.3 is 4.98 Å². The van der Waals surface area contributed by atoms with Crippen molar-refractivity contribution in [1.82, 2.24) is 9.97 Å². The SMILES string of the molecule is O=c1[nH]c(SCc2ccc(Cl)cc2F)nc2sc3c(c12)CCCC3. The third kappa shape index (κ3) is 2.98. The van der Waals surface area contributed by atoms with Crippen LogP contribution in [0.3, 0.4) is 0 Å². The van der Waals surface area contributed by atoms with Crippen molar-refractivity contribution in [3.63, 3.8) is 0 Å². The number of aromatic nitrogens is 2. The average Bonchev–Trinajstić information content (AvgIpc) is 2.92. The van der Waals surface area contributed by atoms with E-state index in [1.807, 2.05) is 0 Å². The molecule has 0 spiro atoms. The second kappa shape index (κ2) is 6.50. The van der Waals surface area contributed by atoms with Crippen LogP contribution in [0.15, 0.2) is 28.2 Å². The van der Waals surface area contributed by atoms with E-state index in [2.05, 4.69) is 9.97 Å². The molecule has 0 bridgehead atoms. The molecule has 1 aliphatic rings. The van der Waals surface area contributed by atoms with Crippen LogP contribution in [0.2, 0.25) is 5.02 Å². The number of H-pyrrole nitrogens is 1. The van der Waals surface area contributed by atoms with E-state index in [9.17, 15) is 9.18 Å². The van der Waals surface area contributed by atoms with E-state index in [-0.39, 0.29) is 11.4 Å². The highest BCUT2D eigenvalue weighted by Gasteiger charge is 2.19. The lowest BCUT2D eigenvalue weighted by atomic mass is 9.97. The minimum Gasteiger partial charge on any atom is -0.301 e. The number of hydrogen-bond acceptors (Lipinski definition) is 4. The van der Waals surface area contributed by atoms with Crippen LogP contribution in [0.25, 0.3) is 10.2 Å². The van der Waals surface area contributed by atoms with Crippen molar-refractivity contribution in [2.45, 2.75) is 36.6 Å². The molecule has 7 heteroatoms. The van der Waals surface area contributed by atoms with Crippen LogP contribution in [0, 0.1) is 5.82 Å². The predicted molar refractivity (Wildman–Crippen MR) is 97.9 cm³/mol. The van der Waals surface area contributed by atoms with E-state index in [0.717, 1.165) is 29.5 Å². The summed E-state index contributed by atoms with van der Waals surface area (Å²) in [6.07, 6.45) is 4.30. The van der Waals surface area contributed by atoms with Crippen molar-refractivity contribution in [2.75, 3.05) is 0 Å². The Balaban J connectivity index is 1.64. The van der Waals surface area contributed by atoms with Crippen LogP contribution in [0.4, 0.5) is 4.39 Å². The molecule has 0 atom stereocenters. The summed E-state index contributed by atoms with van der Waals surface area (Å²) in [5, 5.41) is 1.65. The van der Waals surface area contributed by atoms with E-state index < -0.39 is 0 Å². The highest BCUT2D eigenvalue weighted by Crippen LogP contribution is 2.34. The van der Waals surface area contributed by atoms with Crippen LogP contribution < -0.4 is 5.56 Å². The molecule has 1 N–H and O–H groups in total. The Hall–Kier alpha value is -1.37. The van der Waals surface area contributed by atoms with Crippen LogP contribution in [0.5, 0.6) is 0 Å². The van der Waals surface area contributed by atoms with Gasteiger partial charge in [-0.05, 0) is 48.9 Å². The van der Waals surface area contributed by atoms with Crippen molar-refractivity contribution in [3.8, 4) is 0 Å². The lowest BCUT2D eigenvalue weighted by Crippen LogP contribution is -2.11. The standard InChI is InChI=1S/C17H14ClFN2OS2/c18-10-6-5-9(12(19)7-10)8-23-17-20-15(22)14-11-3-1-2-4-13(11)24-16(14)21-17/h5-7H,1-4,8H2,(H,20,21,22). The first kappa shape index (κ1) is 16.1. The maximum absolute atomic E-state index is 13.9. The summed E-state index contributed by atoms with van der Waals surface area (Å²) in [4.78, 5) is 22.0. The summed E-state index contributed by atoms with van der Waals surface area (Å²) in [6, 6.07) is 4.61. The number of aromatic amines is 1. The Kier molecular flexibility index (Phi) is 4.37. The quantitative estimate of drug-likeness (QED) is 0.516. The number of thioether (sulfide) groups is 1. The molecule has 0 radical (unpaired) electrons. The van der Waals surface area contributed by atoms with Gasteiger partial charge in [-0.2, -0.15) is 0 Å². The van der Waals surface area contributed by atoms with Gasteiger partial charge in [0.2, 0.25) is 0 Å². The van der Waals surface area contributed by atoms with Crippen LogP contribution in [-0.2, 0) is 18.6 Å². The zero-order valence-electron chi connectivity index (χ0n) is 12.7. The monoisotopic (exact) mass is 380 g/mol. The third-order valence-electron chi connectivity index (χ3n) is 4.18. The number of fused-ring (bicyclic) bond motifs is 3. The summed E-state index contributed by atoms with van der Waals surface area (Å²) in [7, 11) is 0. The van der Waals surface area contributed by atoms with Gasteiger partial charge in [-0.1, -0.05) is 29.4 Å². The molecule has 0 amide bonds. The molecule has 3 aromatic rings. The maximum Gasteiger partial charge on any atom is 0.260 e. The molecular weight excluding hydrogens is 367 g/mol. The molecule has 1 aromatic carbocycles.